The largest absolute Gasteiger partial charge is 0.492 e. The van der Waals surface area contributed by atoms with Crippen molar-refractivity contribution < 1.29 is 27.1 Å². The summed E-state index contributed by atoms with van der Waals surface area (Å²) in [5.41, 5.74) is 0.202. The predicted molar refractivity (Wildman–Crippen MR) is 120 cm³/mol. The lowest BCUT2D eigenvalue weighted by atomic mass is 10.2. The maximum atomic E-state index is 14.0. The molecule has 0 fully saturated rings. The Labute approximate surface area is 186 Å². The summed E-state index contributed by atoms with van der Waals surface area (Å²) < 4.78 is 53.5. The third-order valence-electron chi connectivity index (χ3n) is 4.36. The SMILES string of the molecule is CCOc1ccc(S(=O)(=O)Nc2ccccc2OCC)cc1NC(=O)c1ccccc1F. The summed E-state index contributed by atoms with van der Waals surface area (Å²) in [6.07, 6.45) is 0. The minimum atomic E-state index is -4.03. The number of carbonyl (C=O) groups excluding carboxylic acids is 1. The molecule has 1 amide bonds. The molecule has 0 saturated carbocycles. The summed E-state index contributed by atoms with van der Waals surface area (Å²) in [5.74, 6) is -0.780. The van der Waals surface area contributed by atoms with Gasteiger partial charge in [-0.15, -0.1) is 0 Å². The molecule has 0 aromatic heterocycles. The van der Waals surface area contributed by atoms with Crippen LogP contribution in [0, 0.1) is 5.82 Å². The first kappa shape index (κ1) is 23.1. The maximum Gasteiger partial charge on any atom is 0.262 e. The highest BCUT2D eigenvalue weighted by Gasteiger charge is 2.20. The van der Waals surface area contributed by atoms with Crippen LogP contribution in [0.25, 0.3) is 0 Å². The van der Waals surface area contributed by atoms with Gasteiger partial charge in [-0.25, -0.2) is 12.8 Å². The van der Waals surface area contributed by atoms with Gasteiger partial charge in [-0.1, -0.05) is 24.3 Å². The Bertz CT molecular complexity index is 1210. The second kappa shape index (κ2) is 10.1. The number of halogens is 1. The summed E-state index contributed by atoms with van der Waals surface area (Å²) >= 11 is 0. The molecule has 3 aromatic rings. The number of ether oxygens (including phenoxy) is 2. The van der Waals surface area contributed by atoms with Crippen molar-refractivity contribution in [2.75, 3.05) is 23.3 Å². The van der Waals surface area contributed by atoms with Gasteiger partial charge in [0.1, 0.15) is 17.3 Å². The molecule has 0 aliphatic rings. The summed E-state index contributed by atoms with van der Waals surface area (Å²) in [5, 5.41) is 2.54. The van der Waals surface area contributed by atoms with E-state index in [1.54, 1.807) is 38.1 Å². The van der Waals surface area contributed by atoms with Crippen LogP contribution in [0.1, 0.15) is 24.2 Å². The molecule has 0 radical (unpaired) electrons. The van der Waals surface area contributed by atoms with Gasteiger partial charge in [0.15, 0.2) is 0 Å². The smallest absolute Gasteiger partial charge is 0.262 e. The Kier molecular flexibility index (Phi) is 7.32. The Hall–Kier alpha value is -3.59. The van der Waals surface area contributed by atoms with E-state index in [0.29, 0.717) is 12.4 Å². The number of benzene rings is 3. The third-order valence-corrected chi connectivity index (χ3v) is 5.72. The highest BCUT2D eigenvalue weighted by atomic mass is 32.2. The van der Waals surface area contributed by atoms with Crippen LogP contribution >= 0.6 is 0 Å². The van der Waals surface area contributed by atoms with Crippen molar-refractivity contribution in [2.45, 2.75) is 18.7 Å². The molecule has 0 saturated heterocycles. The molecule has 0 spiro atoms. The molecule has 9 heteroatoms. The van der Waals surface area contributed by atoms with Gasteiger partial charge in [-0.05, 0) is 56.3 Å². The first-order chi connectivity index (χ1) is 15.4. The molecule has 3 aromatic carbocycles. The van der Waals surface area contributed by atoms with Crippen molar-refractivity contribution in [3.63, 3.8) is 0 Å². The number of sulfonamides is 1. The van der Waals surface area contributed by atoms with Crippen LogP contribution in [0.15, 0.2) is 71.6 Å². The van der Waals surface area contributed by atoms with Crippen molar-refractivity contribution in [3.8, 4) is 11.5 Å². The van der Waals surface area contributed by atoms with Crippen LogP contribution in [0.4, 0.5) is 15.8 Å². The number of hydrogen-bond acceptors (Lipinski definition) is 5. The zero-order valence-corrected chi connectivity index (χ0v) is 18.4. The lowest BCUT2D eigenvalue weighted by molar-refractivity contribution is 0.102. The summed E-state index contributed by atoms with van der Waals surface area (Å²) in [6.45, 7) is 4.20. The van der Waals surface area contributed by atoms with Gasteiger partial charge in [-0.2, -0.15) is 0 Å². The van der Waals surface area contributed by atoms with E-state index in [9.17, 15) is 17.6 Å². The Morgan fingerprint density at radius 1 is 0.875 bits per heavy atom. The molecular formula is C23H23FN2O5S. The molecule has 0 bridgehead atoms. The molecule has 0 aliphatic carbocycles. The molecule has 0 heterocycles. The van der Waals surface area contributed by atoms with E-state index in [0.717, 1.165) is 0 Å². The average molecular weight is 459 g/mol. The zero-order chi connectivity index (χ0) is 23.1. The lowest BCUT2D eigenvalue weighted by Crippen LogP contribution is -2.17. The van der Waals surface area contributed by atoms with E-state index in [4.69, 9.17) is 9.47 Å². The number of anilines is 2. The van der Waals surface area contributed by atoms with Crippen molar-refractivity contribution in [3.05, 3.63) is 78.1 Å². The van der Waals surface area contributed by atoms with Crippen LogP contribution < -0.4 is 19.5 Å². The lowest BCUT2D eigenvalue weighted by Gasteiger charge is -2.16. The molecule has 168 valence electrons. The quantitative estimate of drug-likeness (QED) is 0.486. The number of nitrogens with one attached hydrogen (secondary N) is 2. The first-order valence-electron chi connectivity index (χ1n) is 9.93. The van der Waals surface area contributed by atoms with E-state index in [2.05, 4.69) is 10.0 Å². The fourth-order valence-corrected chi connectivity index (χ4v) is 4.02. The second-order valence-corrected chi connectivity index (χ2v) is 8.24. The number of amides is 1. The van der Waals surface area contributed by atoms with Gasteiger partial charge in [0.2, 0.25) is 0 Å². The average Bonchev–Trinajstić information content (AvgIpc) is 2.76. The predicted octanol–water partition coefficient (Wildman–Crippen LogP) is 4.68. The molecule has 0 aliphatic heterocycles. The standard InChI is InChI=1S/C23H23FN2O5S/c1-3-30-21-12-8-7-11-19(21)26-32(28,29)16-13-14-22(31-4-2)20(15-16)25-23(27)17-9-5-6-10-18(17)24/h5-15,26H,3-4H2,1-2H3,(H,25,27). The van der Waals surface area contributed by atoms with E-state index in [-0.39, 0.29) is 34.2 Å². The molecule has 0 unspecified atom stereocenters. The number of hydrogen-bond donors (Lipinski definition) is 2. The van der Waals surface area contributed by atoms with E-state index < -0.39 is 21.7 Å². The number of rotatable bonds is 9. The normalized spacial score (nSPS) is 11.0. The Balaban J connectivity index is 1.94. The van der Waals surface area contributed by atoms with Gasteiger partial charge in [0.25, 0.3) is 15.9 Å². The van der Waals surface area contributed by atoms with E-state index >= 15 is 0 Å². The fraction of sp³-hybridized carbons (Fsp3) is 0.174. The Morgan fingerprint density at radius 3 is 2.19 bits per heavy atom. The molecule has 3 rings (SSSR count). The highest BCUT2D eigenvalue weighted by molar-refractivity contribution is 7.92. The molecule has 2 N–H and O–H groups in total. The van der Waals surface area contributed by atoms with E-state index in [1.807, 2.05) is 0 Å². The monoisotopic (exact) mass is 458 g/mol. The highest BCUT2D eigenvalue weighted by Crippen LogP contribution is 2.31. The van der Waals surface area contributed by atoms with Crippen LogP contribution in [0.2, 0.25) is 0 Å². The van der Waals surface area contributed by atoms with Crippen molar-refractivity contribution >= 4 is 27.3 Å². The van der Waals surface area contributed by atoms with Gasteiger partial charge in [0, 0.05) is 0 Å². The van der Waals surface area contributed by atoms with Gasteiger partial charge in [-0.3, -0.25) is 9.52 Å². The second-order valence-electron chi connectivity index (χ2n) is 6.56. The van der Waals surface area contributed by atoms with Crippen molar-refractivity contribution in [1.29, 1.82) is 0 Å². The minimum absolute atomic E-state index is 0.0982. The van der Waals surface area contributed by atoms with Gasteiger partial charge < -0.3 is 14.8 Å². The summed E-state index contributed by atoms with van der Waals surface area (Å²) in [6, 6.07) is 16.2. The number of carbonyl (C=O) groups is 1. The molecule has 0 atom stereocenters. The van der Waals surface area contributed by atoms with Crippen LogP contribution in [-0.4, -0.2) is 27.5 Å². The van der Waals surface area contributed by atoms with Crippen LogP contribution in [0.5, 0.6) is 11.5 Å². The molecule has 7 nitrogen and oxygen atoms in total. The molecule has 32 heavy (non-hydrogen) atoms. The van der Waals surface area contributed by atoms with Gasteiger partial charge in [0.05, 0.1) is 35.0 Å². The summed E-state index contributed by atoms with van der Waals surface area (Å²) in [7, 11) is -4.03. The maximum absolute atomic E-state index is 14.0. The fourth-order valence-electron chi connectivity index (χ4n) is 2.93. The van der Waals surface area contributed by atoms with E-state index in [1.165, 1.54) is 42.5 Å². The topological polar surface area (TPSA) is 93.7 Å². The van der Waals surface area contributed by atoms with Crippen molar-refractivity contribution in [2.24, 2.45) is 0 Å². The first-order valence-corrected chi connectivity index (χ1v) is 11.4. The van der Waals surface area contributed by atoms with Crippen LogP contribution in [-0.2, 0) is 10.0 Å². The zero-order valence-electron chi connectivity index (χ0n) is 17.6. The molecular weight excluding hydrogens is 435 g/mol. The van der Waals surface area contributed by atoms with Crippen LogP contribution in [0.3, 0.4) is 0 Å². The Morgan fingerprint density at radius 2 is 1.50 bits per heavy atom. The van der Waals surface area contributed by atoms with Gasteiger partial charge >= 0.3 is 0 Å². The third kappa shape index (κ3) is 5.36. The van der Waals surface area contributed by atoms with Crippen molar-refractivity contribution in [1.82, 2.24) is 0 Å². The summed E-state index contributed by atoms with van der Waals surface area (Å²) in [4.78, 5) is 12.5. The minimum Gasteiger partial charge on any atom is -0.492 e. The number of para-hydroxylation sites is 2.